The molecule has 2 N–H and O–H groups in total. The van der Waals surface area contributed by atoms with E-state index in [0.717, 1.165) is 18.9 Å². The Labute approximate surface area is 133 Å². The van der Waals surface area contributed by atoms with Crippen LogP contribution in [0.15, 0.2) is 18.2 Å². The molecule has 0 spiro atoms. The fraction of sp³-hybridized carbons (Fsp3) is 0.500. The summed E-state index contributed by atoms with van der Waals surface area (Å²) in [6.45, 7) is 1.12. The second-order valence-electron chi connectivity index (χ2n) is 6.09. The van der Waals surface area contributed by atoms with Gasteiger partial charge in [-0.15, -0.1) is 0 Å². The molecule has 2 aliphatic rings. The lowest BCUT2D eigenvalue weighted by atomic mass is 10.1. The smallest absolute Gasteiger partial charge is 0.240 e. The van der Waals surface area contributed by atoms with E-state index in [1.807, 2.05) is 0 Å². The Morgan fingerprint density at radius 2 is 1.96 bits per heavy atom. The molecule has 3 rings (SSSR count). The van der Waals surface area contributed by atoms with Gasteiger partial charge in [0.05, 0.1) is 12.5 Å². The number of halogens is 2. The summed E-state index contributed by atoms with van der Waals surface area (Å²) in [4.78, 5) is 25.8. The van der Waals surface area contributed by atoms with Crippen molar-refractivity contribution in [1.29, 1.82) is 0 Å². The van der Waals surface area contributed by atoms with Crippen LogP contribution in [0, 0.1) is 11.6 Å². The molecule has 7 heteroatoms. The molecule has 1 saturated heterocycles. The summed E-state index contributed by atoms with van der Waals surface area (Å²) in [6, 6.07) is 2.91. The normalized spacial score (nSPS) is 21.4. The summed E-state index contributed by atoms with van der Waals surface area (Å²) < 4.78 is 26.5. The first-order valence-corrected chi connectivity index (χ1v) is 7.78. The van der Waals surface area contributed by atoms with Crippen molar-refractivity contribution in [3.8, 4) is 0 Å². The maximum Gasteiger partial charge on any atom is 0.240 e. The second-order valence-corrected chi connectivity index (χ2v) is 6.09. The Bertz CT molecular complexity index is 599. The van der Waals surface area contributed by atoms with Crippen molar-refractivity contribution in [3.05, 3.63) is 35.4 Å². The van der Waals surface area contributed by atoms with Crippen LogP contribution in [0.3, 0.4) is 0 Å². The van der Waals surface area contributed by atoms with Crippen LogP contribution in [0.2, 0.25) is 0 Å². The number of piperazine rings is 1. The molecule has 0 radical (unpaired) electrons. The first-order chi connectivity index (χ1) is 11.0. The van der Waals surface area contributed by atoms with Crippen LogP contribution in [-0.4, -0.2) is 41.9 Å². The summed E-state index contributed by atoms with van der Waals surface area (Å²) in [5.74, 6) is -1.69. The second kappa shape index (κ2) is 6.62. The number of benzene rings is 1. The van der Waals surface area contributed by atoms with E-state index < -0.39 is 17.7 Å². The van der Waals surface area contributed by atoms with E-state index in [0.29, 0.717) is 18.7 Å². The van der Waals surface area contributed by atoms with E-state index in [-0.39, 0.29) is 30.8 Å². The van der Waals surface area contributed by atoms with E-state index in [9.17, 15) is 18.4 Å². The number of rotatable bonds is 5. The zero-order chi connectivity index (χ0) is 16.4. The number of nitrogens with zero attached hydrogens (tertiary/aromatic N) is 1. The number of carbonyl (C=O) groups excluding carboxylic acids is 2. The number of carbonyl (C=O) groups is 2. The lowest BCUT2D eigenvalue weighted by Crippen LogP contribution is -2.55. The zero-order valence-electron chi connectivity index (χ0n) is 12.6. The van der Waals surface area contributed by atoms with Crippen molar-refractivity contribution in [2.75, 3.05) is 13.1 Å². The molecule has 5 nitrogen and oxygen atoms in total. The molecule has 1 heterocycles. The van der Waals surface area contributed by atoms with Gasteiger partial charge in [0, 0.05) is 31.7 Å². The molecule has 2 amide bonds. The van der Waals surface area contributed by atoms with Crippen LogP contribution in [-0.2, 0) is 16.1 Å². The fourth-order valence-electron chi connectivity index (χ4n) is 2.73. The number of hydrogen-bond acceptors (Lipinski definition) is 3. The monoisotopic (exact) mass is 323 g/mol. The maximum atomic E-state index is 13.2. The first-order valence-electron chi connectivity index (χ1n) is 7.78. The van der Waals surface area contributed by atoms with Crippen molar-refractivity contribution >= 4 is 11.8 Å². The minimum absolute atomic E-state index is 0.0867. The van der Waals surface area contributed by atoms with Crippen LogP contribution in [0.5, 0.6) is 0 Å². The minimum Gasteiger partial charge on any atom is -0.353 e. The van der Waals surface area contributed by atoms with E-state index in [1.165, 1.54) is 17.0 Å². The standard InChI is InChI=1S/C16H19F2N3O2/c17-11-5-10(6-12(18)7-11)9-21-4-3-19-14(16(21)23)8-15(22)20-13-1-2-13/h5-7,13-14,19H,1-4,8-9H2,(H,20,22). The molecule has 1 atom stereocenters. The Balaban J connectivity index is 1.60. The molecule has 2 fully saturated rings. The van der Waals surface area contributed by atoms with Gasteiger partial charge in [-0.05, 0) is 30.5 Å². The predicted molar refractivity (Wildman–Crippen MR) is 79.3 cm³/mol. The molecule has 23 heavy (non-hydrogen) atoms. The summed E-state index contributed by atoms with van der Waals surface area (Å²) in [5, 5.41) is 5.88. The van der Waals surface area contributed by atoms with Gasteiger partial charge >= 0.3 is 0 Å². The van der Waals surface area contributed by atoms with Crippen LogP contribution in [0.25, 0.3) is 0 Å². The van der Waals surface area contributed by atoms with Crippen molar-refractivity contribution in [2.45, 2.75) is 37.9 Å². The average molecular weight is 323 g/mol. The average Bonchev–Trinajstić information content (AvgIpc) is 3.26. The van der Waals surface area contributed by atoms with Gasteiger partial charge < -0.3 is 15.5 Å². The number of hydrogen-bond donors (Lipinski definition) is 2. The molecular weight excluding hydrogens is 304 g/mol. The Hall–Kier alpha value is -2.02. The van der Waals surface area contributed by atoms with Gasteiger partial charge in [-0.25, -0.2) is 8.78 Å². The summed E-state index contributed by atoms with van der Waals surface area (Å²) in [6.07, 6.45) is 2.08. The van der Waals surface area contributed by atoms with Gasteiger partial charge in [-0.1, -0.05) is 0 Å². The highest BCUT2D eigenvalue weighted by Gasteiger charge is 2.31. The maximum absolute atomic E-state index is 13.2. The van der Waals surface area contributed by atoms with Crippen LogP contribution in [0.4, 0.5) is 8.78 Å². The van der Waals surface area contributed by atoms with Gasteiger partial charge in [0.1, 0.15) is 11.6 Å². The largest absolute Gasteiger partial charge is 0.353 e. The fourth-order valence-corrected chi connectivity index (χ4v) is 2.73. The summed E-state index contributed by atoms with van der Waals surface area (Å²) in [5.41, 5.74) is 0.402. The highest BCUT2D eigenvalue weighted by atomic mass is 19.1. The van der Waals surface area contributed by atoms with Gasteiger partial charge in [0.2, 0.25) is 11.8 Å². The van der Waals surface area contributed by atoms with Gasteiger partial charge in [0.15, 0.2) is 0 Å². The van der Waals surface area contributed by atoms with Crippen molar-refractivity contribution in [2.24, 2.45) is 0 Å². The van der Waals surface area contributed by atoms with Crippen LogP contribution < -0.4 is 10.6 Å². The topological polar surface area (TPSA) is 61.4 Å². The number of amides is 2. The van der Waals surface area contributed by atoms with Crippen molar-refractivity contribution in [3.63, 3.8) is 0 Å². The quantitative estimate of drug-likeness (QED) is 0.848. The minimum atomic E-state index is -0.664. The molecule has 1 aliphatic heterocycles. The Kier molecular flexibility index (Phi) is 4.56. The lowest BCUT2D eigenvalue weighted by Gasteiger charge is -2.33. The third kappa shape index (κ3) is 4.25. The van der Waals surface area contributed by atoms with Gasteiger partial charge in [0.25, 0.3) is 0 Å². The molecule has 1 unspecified atom stereocenters. The van der Waals surface area contributed by atoms with Gasteiger partial charge in [-0.2, -0.15) is 0 Å². The summed E-state index contributed by atoms with van der Waals surface area (Å²) in [7, 11) is 0. The van der Waals surface area contributed by atoms with E-state index >= 15 is 0 Å². The number of nitrogens with one attached hydrogen (secondary N) is 2. The molecule has 1 aromatic carbocycles. The molecule has 124 valence electrons. The molecule has 1 aliphatic carbocycles. The SMILES string of the molecule is O=C(CC1NCCN(Cc2cc(F)cc(F)c2)C1=O)NC1CC1. The van der Waals surface area contributed by atoms with E-state index in [1.54, 1.807) is 0 Å². The third-order valence-electron chi connectivity index (χ3n) is 4.01. The Morgan fingerprint density at radius 1 is 1.26 bits per heavy atom. The molecular formula is C16H19F2N3O2. The molecule has 0 aromatic heterocycles. The molecule has 1 saturated carbocycles. The van der Waals surface area contributed by atoms with Crippen LogP contribution in [0.1, 0.15) is 24.8 Å². The highest BCUT2D eigenvalue weighted by Crippen LogP contribution is 2.19. The zero-order valence-corrected chi connectivity index (χ0v) is 12.6. The lowest BCUT2D eigenvalue weighted by molar-refractivity contribution is -0.138. The highest BCUT2D eigenvalue weighted by molar-refractivity contribution is 5.89. The predicted octanol–water partition coefficient (Wildman–Crippen LogP) is 0.934. The third-order valence-corrected chi connectivity index (χ3v) is 4.01. The molecule has 1 aromatic rings. The van der Waals surface area contributed by atoms with E-state index in [2.05, 4.69) is 10.6 Å². The molecule has 0 bridgehead atoms. The van der Waals surface area contributed by atoms with Crippen LogP contribution >= 0.6 is 0 Å². The van der Waals surface area contributed by atoms with Gasteiger partial charge in [-0.3, -0.25) is 9.59 Å². The van der Waals surface area contributed by atoms with Crippen molar-refractivity contribution < 1.29 is 18.4 Å². The Morgan fingerprint density at radius 3 is 2.61 bits per heavy atom. The first kappa shape index (κ1) is 15.9. The summed E-state index contributed by atoms with van der Waals surface area (Å²) >= 11 is 0. The van der Waals surface area contributed by atoms with Crippen molar-refractivity contribution in [1.82, 2.24) is 15.5 Å². The van der Waals surface area contributed by atoms with E-state index in [4.69, 9.17) is 0 Å².